The molecular weight excluding hydrogens is 250 g/mol. The molecule has 3 nitrogen and oxygen atoms in total. The fourth-order valence-electron chi connectivity index (χ4n) is 3.58. The molecule has 1 saturated heterocycles. The number of rotatable bonds is 6. The molecule has 1 saturated carbocycles. The second-order valence-electron chi connectivity index (χ2n) is 6.22. The topological polar surface area (TPSA) is 32.7 Å². The molecule has 1 aromatic carbocycles. The van der Waals surface area contributed by atoms with E-state index >= 15 is 0 Å². The third-order valence-corrected chi connectivity index (χ3v) is 4.67. The highest BCUT2D eigenvalue weighted by molar-refractivity contribution is 5.28. The van der Waals surface area contributed by atoms with Crippen LogP contribution in [-0.2, 0) is 0 Å². The number of hydrogen-bond donors (Lipinski definition) is 1. The molecule has 0 aromatic heterocycles. The van der Waals surface area contributed by atoms with Crippen LogP contribution in [0.4, 0.5) is 0 Å². The lowest BCUT2D eigenvalue weighted by atomic mass is 10.1. The first-order valence-electron chi connectivity index (χ1n) is 7.91. The molecule has 110 valence electrons. The average Bonchev–Trinajstić information content (AvgIpc) is 3.08. The fraction of sp³-hybridized carbons (Fsp3) is 0.647. The van der Waals surface area contributed by atoms with Crippen LogP contribution in [0.25, 0.3) is 0 Å². The Morgan fingerprint density at radius 3 is 2.70 bits per heavy atom. The molecule has 1 aliphatic heterocycles. The van der Waals surface area contributed by atoms with Crippen molar-refractivity contribution < 1.29 is 9.84 Å². The summed E-state index contributed by atoms with van der Waals surface area (Å²) in [5.74, 6) is 1.78. The number of piperidine rings is 1. The van der Waals surface area contributed by atoms with Gasteiger partial charge in [-0.3, -0.25) is 4.90 Å². The van der Waals surface area contributed by atoms with Crippen molar-refractivity contribution in [1.82, 2.24) is 4.90 Å². The summed E-state index contributed by atoms with van der Waals surface area (Å²) in [6.07, 6.45) is 4.69. The van der Waals surface area contributed by atoms with Gasteiger partial charge in [0.25, 0.3) is 0 Å². The minimum atomic E-state index is -0.380. The molecule has 2 aliphatic rings. The van der Waals surface area contributed by atoms with E-state index in [0.717, 1.165) is 42.8 Å². The third kappa shape index (κ3) is 2.99. The van der Waals surface area contributed by atoms with Crippen LogP contribution >= 0.6 is 0 Å². The number of fused-ring (bicyclic) bond motifs is 2. The maximum atomic E-state index is 10.4. The SMILES string of the molecule is CCCOc1ccc(C(O)CN2CC3CCC2C3)cc1. The van der Waals surface area contributed by atoms with Crippen LogP contribution in [0.5, 0.6) is 5.75 Å². The van der Waals surface area contributed by atoms with Gasteiger partial charge in [-0.1, -0.05) is 19.1 Å². The van der Waals surface area contributed by atoms with Gasteiger partial charge >= 0.3 is 0 Å². The Morgan fingerprint density at radius 1 is 1.30 bits per heavy atom. The Hall–Kier alpha value is -1.06. The monoisotopic (exact) mass is 275 g/mol. The Labute approximate surface area is 121 Å². The standard InChI is InChI=1S/C17H25NO2/c1-2-9-20-16-7-4-14(5-8-16)17(19)12-18-11-13-3-6-15(18)10-13/h4-5,7-8,13,15,17,19H,2-3,6,9-12H2,1H3. The molecule has 3 heteroatoms. The van der Waals surface area contributed by atoms with E-state index in [1.807, 2.05) is 24.3 Å². The van der Waals surface area contributed by atoms with Gasteiger partial charge in [-0.15, -0.1) is 0 Å². The fourth-order valence-corrected chi connectivity index (χ4v) is 3.58. The van der Waals surface area contributed by atoms with E-state index in [1.54, 1.807) is 0 Å². The summed E-state index contributed by atoms with van der Waals surface area (Å²) < 4.78 is 5.57. The molecule has 0 amide bonds. The van der Waals surface area contributed by atoms with Gasteiger partial charge in [-0.2, -0.15) is 0 Å². The predicted octanol–water partition coefficient (Wildman–Crippen LogP) is 2.99. The Kier molecular flexibility index (Phi) is 4.27. The maximum Gasteiger partial charge on any atom is 0.119 e. The van der Waals surface area contributed by atoms with Gasteiger partial charge in [0, 0.05) is 19.1 Å². The van der Waals surface area contributed by atoms with Gasteiger partial charge in [-0.05, 0) is 49.3 Å². The lowest BCUT2D eigenvalue weighted by molar-refractivity contribution is 0.0946. The number of hydrogen-bond acceptors (Lipinski definition) is 3. The van der Waals surface area contributed by atoms with Crippen LogP contribution < -0.4 is 4.74 Å². The van der Waals surface area contributed by atoms with Gasteiger partial charge in [0.15, 0.2) is 0 Å². The number of benzene rings is 1. The molecular formula is C17H25NO2. The van der Waals surface area contributed by atoms with E-state index in [2.05, 4.69) is 11.8 Å². The Balaban J connectivity index is 1.55. The smallest absolute Gasteiger partial charge is 0.119 e. The Morgan fingerprint density at radius 2 is 2.10 bits per heavy atom. The lowest BCUT2D eigenvalue weighted by Gasteiger charge is -2.29. The van der Waals surface area contributed by atoms with Gasteiger partial charge in [0.1, 0.15) is 5.75 Å². The first kappa shape index (κ1) is 13.9. The van der Waals surface area contributed by atoms with E-state index in [-0.39, 0.29) is 6.10 Å². The molecule has 1 heterocycles. The Bertz CT molecular complexity index is 431. The largest absolute Gasteiger partial charge is 0.494 e. The highest BCUT2D eigenvalue weighted by atomic mass is 16.5. The highest BCUT2D eigenvalue weighted by Crippen LogP contribution is 2.38. The number of nitrogens with zero attached hydrogens (tertiary/aromatic N) is 1. The second-order valence-corrected chi connectivity index (χ2v) is 6.22. The van der Waals surface area contributed by atoms with Crippen LogP contribution in [0, 0.1) is 5.92 Å². The van der Waals surface area contributed by atoms with E-state index in [1.165, 1.54) is 25.8 Å². The quantitative estimate of drug-likeness (QED) is 0.866. The van der Waals surface area contributed by atoms with E-state index < -0.39 is 0 Å². The summed E-state index contributed by atoms with van der Waals surface area (Å²) in [5.41, 5.74) is 0.997. The normalized spacial score (nSPS) is 26.9. The summed E-state index contributed by atoms with van der Waals surface area (Å²) >= 11 is 0. The summed E-state index contributed by atoms with van der Waals surface area (Å²) in [6.45, 7) is 4.80. The van der Waals surface area contributed by atoms with Crippen LogP contribution in [0.15, 0.2) is 24.3 Å². The molecule has 1 N–H and O–H groups in total. The van der Waals surface area contributed by atoms with Crippen LogP contribution in [0.3, 0.4) is 0 Å². The van der Waals surface area contributed by atoms with Gasteiger partial charge in [0.2, 0.25) is 0 Å². The van der Waals surface area contributed by atoms with Gasteiger partial charge in [0.05, 0.1) is 12.7 Å². The summed E-state index contributed by atoms with van der Waals surface area (Å²) in [5, 5.41) is 10.4. The first-order chi connectivity index (χ1) is 9.76. The molecule has 20 heavy (non-hydrogen) atoms. The van der Waals surface area contributed by atoms with Crippen LogP contribution in [0.1, 0.15) is 44.3 Å². The molecule has 3 rings (SSSR count). The molecule has 0 spiro atoms. The van der Waals surface area contributed by atoms with Gasteiger partial charge in [-0.25, -0.2) is 0 Å². The number of aliphatic hydroxyl groups excluding tert-OH is 1. The molecule has 3 unspecified atom stereocenters. The van der Waals surface area contributed by atoms with Crippen molar-refractivity contribution in [3.05, 3.63) is 29.8 Å². The van der Waals surface area contributed by atoms with E-state index in [4.69, 9.17) is 4.74 Å². The number of likely N-dealkylation sites (tertiary alicyclic amines) is 1. The average molecular weight is 275 g/mol. The second kappa shape index (κ2) is 6.15. The van der Waals surface area contributed by atoms with Crippen LogP contribution in [-0.4, -0.2) is 35.7 Å². The minimum absolute atomic E-state index is 0.380. The first-order valence-corrected chi connectivity index (χ1v) is 7.91. The van der Waals surface area contributed by atoms with Crippen molar-refractivity contribution in [2.75, 3.05) is 19.7 Å². The van der Waals surface area contributed by atoms with Crippen molar-refractivity contribution in [3.63, 3.8) is 0 Å². The van der Waals surface area contributed by atoms with Crippen molar-refractivity contribution >= 4 is 0 Å². The van der Waals surface area contributed by atoms with Gasteiger partial charge < -0.3 is 9.84 Å². The summed E-state index contributed by atoms with van der Waals surface area (Å²) in [6, 6.07) is 8.63. The van der Waals surface area contributed by atoms with Crippen molar-refractivity contribution in [2.45, 2.75) is 44.8 Å². The molecule has 1 aliphatic carbocycles. The lowest BCUT2D eigenvalue weighted by Crippen LogP contribution is -2.35. The minimum Gasteiger partial charge on any atom is -0.494 e. The van der Waals surface area contributed by atoms with Crippen molar-refractivity contribution in [2.24, 2.45) is 5.92 Å². The zero-order chi connectivity index (χ0) is 13.9. The highest BCUT2D eigenvalue weighted by Gasteiger charge is 2.38. The molecule has 1 aromatic rings. The molecule has 2 fully saturated rings. The maximum absolute atomic E-state index is 10.4. The zero-order valence-electron chi connectivity index (χ0n) is 12.3. The number of β-amino-alcohol motifs (C(OH)–C–C–N with tert-alkyl or cyclic N) is 1. The third-order valence-electron chi connectivity index (χ3n) is 4.67. The molecule has 0 radical (unpaired) electrons. The van der Waals surface area contributed by atoms with E-state index in [9.17, 15) is 5.11 Å². The zero-order valence-corrected chi connectivity index (χ0v) is 12.3. The summed E-state index contributed by atoms with van der Waals surface area (Å²) in [7, 11) is 0. The number of aliphatic hydroxyl groups is 1. The number of ether oxygens (including phenoxy) is 1. The van der Waals surface area contributed by atoms with Crippen LogP contribution in [0.2, 0.25) is 0 Å². The van der Waals surface area contributed by atoms with Crippen molar-refractivity contribution in [3.8, 4) is 5.75 Å². The van der Waals surface area contributed by atoms with Crippen molar-refractivity contribution in [1.29, 1.82) is 0 Å². The molecule has 3 atom stereocenters. The summed E-state index contributed by atoms with van der Waals surface area (Å²) in [4.78, 5) is 2.47. The molecule has 2 bridgehead atoms. The van der Waals surface area contributed by atoms with E-state index in [0.29, 0.717) is 0 Å². The predicted molar refractivity (Wildman–Crippen MR) is 79.9 cm³/mol.